The number of aromatic nitrogens is 2. The lowest BCUT2D eigenvalue weighted by Gasteiger charge is -2.25. The Balaban J connectivity index is 1.83. The molecule has 1 amide bonds. The van der Waals surface area contributed by atoms with Crippen molar-refractivity contribution in [2.75, 3.05) is 40.8 Å². The normalized spacial score (nSPS) is 22.4. The SMILES string of the molecule is Cc1cc(C)nc(CCNC(=O)[C@@H]2CC[C@H](N(C)C)CN(C)C2)n1. The minimum atomic E-state index is 0.0695. The molecule has 6 heteroatoms. The Morgan fingerprint density at radius 2 is 1.92 bits per heavy atom. The Kier molecular flexibility index (Phi) is 6.69. The molecule has 134 valence electrons. The maximum Gasteiger partial charge on any atom is 0.224 e. The predicted octanol–water partition coefficient (Wildman–Crippen LogP) is 1.02. The summed E-state index contributed by atoms with van der Waals surface area (Å²) in [7, 11) is 6.33. The first-order valence-corrected chi connectivity index (χ1v) is 8.79. The average Bonchev–Trinajstić information content (AvgIpc) is 2.68. The highest BCUT2D eigenvalue weighted by molar-refractivity contribution is 5.78. The largest absolute Gasteiger partial charge is 0.355 e. The lowest BCUT2D eigenvalue weighted by Crippen LogP contribution is -2.39. The average molecular weight is 333 g/mol. The number of likely N-dealkylation sites (tertiary alicyclic amines) is 1. The summed E-state index contributed by atoms with van der Waals surface area (Å²) >= 11 is 0. The lowest BCUT2D eigenvalue weighted by molar-refractivity contribution is -0.125. The number of nitrogens with one attached hydrogen (secondary N) is 1. The maximum atomic E-state index is 12.5. The van der Waals surface area contributed by atoms with E-state index >= 15 is 0 Å². The summed E-state index contributed by atoms with van der Waals surface area (Å²) in [5, 5.41) is 3.07. The molecule has 0 unspecified atom stereocenters. The number of nitrogens with zero attached hydrogens (tertiary/aromatic N) is 4. The van der Waals surface area contributed by atoms with Crippen LogP contribution in [0.4, 0.5) is 0 Å². The van der Waals surface area contributed by atoms with Crippen molar-refractivity contribution in [2.24, 2.45) is 5.92 Å². The molecule has 0 radical (unpaired) electrons. The fourth-order valence-electron chi connectivity index (χ4n) is 3.37. The first-order chi connectivity index (χ1) is 11.3. The second kappa shape index (κ2) is 8.53. The van der Waals surface area contributed by atoms with Gasteiger partial charge in [0.15, 0.2) is 0 Å². The molecule has 1 aromatic heterocycles. The van der Waals surface area contributed by atoms with Gasteiger partial charge in [-0.05, 0) is 53.9 Å². The van der Waals surface area contributed by atoms with Gasteiger partial charge in [-0.3, -0.25) is 4.79 Å². The molecule has 0 spiro atoms. The van der Waals surface area contributed by atoms with Crippen molar-refractivity contribution in [3.63, 3.8) is 0 Å². The summed E-state index contributed by atoms with van der Waals surface area (Å²) in [4.78, 5) is 25.9. The molecule has 2 rings (SSSR count). The summed E-state index contributed by atoms with van der Waals surface area (Å²) in [5.74, 6) is 1.03. The minimum absolute atomic E-state index is 0.0695. The molecule has 1 aliphatic rings. The van der Waals surface area contributed by atoms with Gasteiger partial charge in [-0.15, -0.1) is 0 Å². The van der Waals surface area contributed by atoms with Crippen LogP contribution in [0.15, 0.2) is 6.07 Å². The molecule has 2 atom stereocenters. The molecule has 0 saturated carbocycles. The van der Waals surface area contributed by atoms with Crippen molar-refractivity contribution < 1.29 is 4.79 Å². The minimum Gasteiger partial charge on any atom is -0.355 e. The highest BCUT2D eigenvalue weighted by atomic mass is 16.1. The van der Waals surface area contributed by atoms with Crippen LogP contribution < -0.4 is 5.32 Å². The summed E-state index contributed by atoms with van der Waals surface area (Å²) < 4.78 is 0. The fourth-order valence-corrected chi connectivity index (χ4v) is 3.37. The molecule has 1 aromatic rings. The van der Waals surface area contributed by atoms with Crippen molar-refractivity contribution in [1.29, 1.82) is 0 Å². The Hall–Kier alpha value is -1.53. The highest BCUT2D eigenvalue weighted by Gasteiger charge is 2.27. The Labute approximate surface area is 145 Å². The van der Waals surface area contributed by atoms with Gasteiger partial charge in [0, 0.05) is 43.5 Å². The summed E-state index contributed by atoms with van der Waals surface area (Å²) in [6.45, 7) is 6.39. The molecular formula is C18H31N5O. The second-order valence-electron chi connectivity index (χ2n) is 7.22. The quantitative estimate of drug-likeness (QED) is 0.872. The first-order valence-electron chi connectivity index (χ1n) is 8.79. The van der Waals surface area contributed by atoms with E-state index in [1.807, 2.05) is 19.9 Å². The standard InChI is InChI=1S/C18H31N5O/c1-13-10-14(2)21-17(20-13)8-9-19-18(24)15-6-7-16(22(3)4)12-23(5)11-15/h10,15-16H,6-9,11-12H2,1-5H3,(H,19,24)/t15-,16+/m1/s1. The molecule has 6 nitrogen and oxygen atoms in total. The molecule has 1 fully saturated rings. The number of aryl methyl sites for hydroxylation is 2. The van der Waals surface area contributed by atoms with Crippen LogP contribution >= 0.6 is 0 Å². The first kappa shape index (κ1) is 18.8. The zero-order valence-electron chi connectivity index (χ0n) is 15.7. The van der Waals surface area contributed by atoms with Gasteiger partial charge in [0.05, 0.1) is 5.92 Å². The van der Waals surface area contributed by atoms with Gasteiger partial charge < -0.3 is 15.1 Å². The zero-order chi connectivity index (χ0) is 17.7. The van der Waals surface area contributed by atoms with E-state index in [1.165, 1.54) is 0 Å². The number of rotatable bonds is 5. The third-order valence-electron chi connectivity index (χ3n) is 4.68. The van der Waals surface area contributed by atoms with E-state index in [0.717, 1.165) is 43.1 Å². The third-order valence-corrected chi connectivity index (χ3v) is 4.68. The number of hydrogen-bond donors (Lipinski definition) is 1. The van der Waals surface area contributed by atoms with E-state index in [4.69, 9.17) is 0 Å². The zero-order valence-corrected chi connectivity index (χ0v) is 15.7. The van der Waals surface area contributed by atoms with E-state index in [-0.39, 0.29) is 11.8 Å². The maximum absolute atomic E-state index is 12.5. The van der Waals surface area contributed by atoms with Crippen molar-refractivity contribution in [1.82, 2.24) is 25.1 Å². The topological polar surface area (TPSA) is 61.4 Å². The third kappa shape index (κ3) is 5.53. The van der Waals surface area contributed by atoms with Crippen molar-refractivity contribution in [3.8, 4) is 0 Å². The number of amides is 1. The van der Waals surface area contributed by atoms with Crippen LogP contribution in [0.25, 0.3) is 0 Å². The van der Waals surface area contributed by atoms with Gasteiger partial charge in [0.1, 0.15) is 5.82 Å². The Morgan fingerprint density at radius 1 is 1.25 bits per heavy atom. The van der Waals surface area contributed by atoms with Crippen molar-refractivity contribution in [3.05, 3.63) is 23.3 Å². The van der Waals surface area contributed by atoms with Crippen LogP contribution in [0.1, 0.15) is 30.1 Å². The van der Waals surface area contributed by atoms with E-state index in [2.05, 4.69) is 46.2 Å². The van der Waals surface area contributed by atoms with E-state index in [9.17, 15) is 4.79 Å². The highest BCUT2D eigenvalue weighted by Crippen LogP contribution is 2.18. The second-order valence-corrected chi connectivity index (χ2v) is 7.22. The number of carbonyl (C=O) groups is 1. The molecule has 1 N–H and O–H groups in total. The molecule has 1 aliphatic heterocycles. The van der Waals surface area contributed by atoms with Gasteiger partial charge in [0.2, 0.25) is 5.91 Å². The van der Waals surface area contributed by atoms with E-state index in [0.29, 0.717) is 19.0 Å². The molecule has 1 saturated heterocycles. The van der Waals surface area contributed by atoms with Gasteiger partial charge in [-0.1, -0.05) is 0 Å². The Morgan fingerprint density at radius 3 is 2.54 bits per heavy atom. The number of likely N-dealkylation sites (N-methyl/N-ethyl adjacent to an activating group) is 2. The van der Waals surface area contributed by atoms with Gasteiger partial charge in [0.25, 0.3) is 0 Å². The van der Waals surface area contributed by atoms with Gasteiger partial charge in [-0.25, -0.2) is 9.97 Å². The molecule has 24 heavy (non-hydrogen) atoms. The van der Waals surface area contributed by atoms with Crippen LogP contribution in [-0.4, -0.2) is 72.5 Å². The van der Waals surface area contributed by atoms with Crippen LogP contribution in [0.5, 0.6) is 0 Å². The van der Waals surface area contributed by atoms with E-state index in [1.54, 1.807) is 0 Å². The van der Waals surface area contributed by atoms with Crippen molar-refractivity contribution in [2.45, 2.75) is 39.2 Å². The van der Waals surface area contributed by atoms with Gasteiger partial charge >= 0.3 is 0 Å². The van der Waals surface area contributed by atoms with Crippen LogP contribution in [0.3, 0.4) is 0 Å². The van der Waals surface area contributed by atoms with Gasteiger partial charge in [-0.2, -0.15) is 0 Å². The smallest absolute Gasteiger partial charge is 0.224 e. The summed E-state index contributed by atoms with van der Waals surface area (Å²) in [6, 6.07) is 2.49. The molecule has 0 aromatic carbocycles. The number of hydrogen-bond acceptors (Lipinski definition) is 5. The van der Waals surface area contributed by atoms with E-state index < -0.39 is 0 Å². The monoisotopic (exact) mass is 333 g/mol. The Bertz CT molecular complexity index is 540. The molecule has 0 bridgehead atoms. The summed E-state index contributed by atoms with van der Waals surface area (Å²) in [5.41, 5.74) is 1.95. The summed E-state index contributed by atoms with van der Waals surface area (Å²) in [6.07, 6.45) is 2.69. The molecular weight excluding hydrogens is 302 g/mol. The lowest BCUT2D eigenvalue weighted by atomic mass is 10.0. The number of carbonyl (C=O) groups excluding carboxylic acids is 1. The van der Waals surface area contributed by atoms with Crippen molar-refractivity contribution >= 4 is 5.91 Å². The predicted molar refractivity (Wildman–Crippen MR) is 95.9 cm³/mol. The molecule has 0 aliphatic carbocycles. The fraction of sp³-hybridized carbons (Fsp3) is 0.722. The van der Waals surface area contributed by atoms with Crippen LogP contribution in [0.2, 0.25) is 0 Å². The molecule has 2 heterocycles. The van der Waals surface area contributed by atoms with Crippen LogP contribution in [0, 0.1) is 19.8 Å². The van der Waals surface area contributed by atoms with Crippen LogP contribution in [-0.2, 0) is 11.2 Å².